The van der Waals surface area contributed by atoms with Gasteiger partial charge in [-0.1, -0.05) is 56.8 Å². The Balaban J connectivity index is 1.73. The van der Waals surface area contributed by atoms with Crippen LogP contribution in [-0.4, -0.2) is 32.5 Å². The fraction of sp³-hybridized carbons (Fsp3) is 0.526. The standard InChI is InChI=1S/C19H26N4OS/c1-5-23-17(13-6-8-14(9-7-13)19(2,3)4)21-22-18(23)25-12-16(24)20-15-10-11-15/h6-9,15H,5,10-12H2,1-4H3,(H,20,24). The van der Waals surface area contributed by atoms with Gasteiger partial charge < -0.3 is 9.88 Å². The van der Waals surface area contributed by atoms with Crippen molar-refractivity contribution in [1.82, 2.24) is 20.1 Å². The number of rotatable bonds is 6. The van der Waals surface area contributed by atoms with Crippen molar-refractivity contribution in [3.63, 3.8) is 0 Å². The lowest BCUT2D eigenvalue weighted by Crippen LogP contribution is -2.27. The maximum atomic E-state index is 11.9. The molecular weight excluding hydrogens is 332 g/mol. The summed E-state index contributed by atoms with van der Waals surface area (Å²) < 4.78 is 2.07. The van der Waals surface area contributed by atoms with E-state index >= 15 is 0 Å². The summed E-state index contributed by atoms with van der Waals surface area (Å²) in [6.45, 7) is 9.47. The van der Waals surface area contributed by atoms with Crippen LogP contribution < -0.4 is 5.32 Å². The van der Waals surface area contributed by atoms with E-state index in [0.29, 0.717) is 11.8 Å². The summed E-state index contributed by atoms with van der Waals surface area (Å²) in [7, 11) is 0. The second-order valence-corrected chi connectivity index (χ2v) is 8.45. The van der Waals surface area contributed by atoms with Crippen LogP contribution in [-0.2, 0) is 16.8 Å². The van der Waals surface area contributed by atoms with Gasteiger partial charge in [0, 0.05) is 18.2 Å². The molecule has 1 aromatic heterocycles. The van der Waals surface area contributed by atoms with E-state index in [9.17, 15) is 4.79 Å². The second kappa shape index (κ2) is 7.20. The van der Waals surface area contributed by atoms with E-state index in [1.54, 1.807) is 0 Å². The number of thioether (sulfide) groups is 1. The molecule has 1 aliphatic rings. The number of aromatic nitrogens is 3. The van der Waals surface area contributed by atoms with Crippen molar-refractivity contribution in [2.24, 2.45) is 0 Å². The Bertz CT molecular complexity index is 742. The molecule has 0 saturated heterocycles. The first-order valence-corrected chi connectivity index (χ1v) is 9.83. The first kappa shape index (κ1) is 18.0. The topological polar surface area (TPSA) is 59.8 Å². The molecule has 1 fully saturated rings. The zero-order valence-electron chi connectivity index (χ0n) is 15.4. The first-order valence-electron chi connectivity index (χ1n) is 8.84. The summed E-state index contributed by atoms with van der Waals surface area (Å²) in [5.74, 6) is 1.32. The number of nitrogens with one attached hydrogen (secondary N) is 1. The Morgan fingerprint density at radius 2 is 1.92 bits per heavy atom. The van der Waals surface area contributed by atoms with Gasteiger partial charge in [-0.25, -0.2) is 0 Å². The Kier molecular flexibility index (Phi) is 5.18. The summed E-state index contributed by atoms with van der Waals surface area (Å²) in [6, 6.07) is 8.91. The van der Waals surface area contributed by atoms with Gasteiger partial charge in [-0.05, 0) is 30.7 Å². The van der Waals surface area contributed by atoms with Crippen molar-refractivity contribution in [3.8, 4) is 11.4 Å². The van der Waals surface area contributed by atoms with E-state index in [1.165, 1.54) is 17.3 Å². The number of hydrogen-bond donors (Lipinski definition) is 1. The average molecular weight is 359 g/mol. The molecule has 0 unspecified atom stereocenters. The molecule has 1 aliphatic carbocycles. The Hall–Kier alpha value is -1.82. The lowest BCUT2D eigenvalue weighted by atomic mass is 9.87. The van der Waals surface area contributed by atoms with Crippen LogP contribution in [0.5, 0.6) is 0 Å². The van der Waals surface area contributed by atoms with Crippen LogP contribution in [0.4, 0.5) is 0 Å². The third-order valence-corrected chi connectivity index (χ3v) is 5.28. The summed E-state index contributed by atoms with van der Waals surface area (Å²) in [5, 5.41) is 12.5. The van der Waals surface area contributed by atoms with E-state index in [0.717, 1.165) is 35.9 Å². The zero-order chi connectivity index (χ0) is 18.0. The van der Waals surface area contributed by atoms with Gasteiger partial charge in [0.2, 0.25) is 5.91 Å². The molecule has 2 aromatic rings. The Morgan fingerprint density at radius 1 is 1.24 bits per heavy atom. The molecule has 1 heterocycles. The smallest absolute Gasteiger partial charge is 0.230 e. The van der Waals surface area contributed by atoms with E-state index in [-0.39, 0.29) is 11.3 Å². The van der Waals surface area contributed by atoms with Crippen molar-refractivity contribution in [3.05, 3.63) is 29.8 Å². The Morgan fingerprint density at radius 3 is 2.48 bits per heavy atom. The molecule has 1 amide bonds. The van der Waals surface area contributed by atoms with Gasteiger partial charge in [0.15, 0.2) is 11.0 Å². The van der Waals surface area contributed by atoms with Crippen LogP contribution in [0.15, 0.2) is 29.4 Å². The van der Waals surface area contributed by atoms with Crippen LogP contribution in [0.3, 0.4) is 0 Å². The van der Waals surface area contributed by atoms with E-state index in [2.05, 4.69) is 72.0 Å². The molecule has 0 aliphatic heterocycles. The number of hydrogen-bond acceptors (Lipinski definition) is 4. The van der Waals surface area contributed by atoms with Gasteiger partial charge >= 0.3 is 0 Å². The van der Waals surface area contributed by atoms with Gasteiger partial charge in [0.1, 0.15) is 0 Å². The molecule has 6 heteroatoms. The fourth-order valence-corrected chi connectivity index (χ4v) is 3.45. The minimum atomic E-state index is 0.0780. The largest absolute Gasteiger partial charge is 0.353 e. The lowest BCUT2D eigenvalue weighted by Gasteiger charge is -2.19. The number of carbonyl (C=O) groups is 1. The average Bonchev–Trinajstić information content (AvgIpc) is 3.28. The highest BCUT2D eigenvalue weighted by atomic mass is 32.2. The minimum Gasteiger partial charge on any atom is -0.353 e. The molecule has 1 aromatic carbocycles. The molecule has 0 atom stereocenters. The van der Waals surface area contributed by atoms with Crippen LogP contribution in [0, 0.1) is 0 Å². The Labute approximate surface area is 153 Å². The van der Waals surface area contributed by atoms with Gasteiger partial charge in [0.05, 0.1) is 5.75 Å². The van der Waals surface area contributed by atoms with Crippen LogP contribution in [0.25, 0.3) is 11.4 Å². The molecule has 1 N–H and O–H groups in total. The number of benzene rings is 1. The van der Waals surface area contributed by atoms with E-state index in [1.807, 2.05) is 0 Å². The maximum absolute atomic E-state index is 11.9. The molecular formula is C19H26N4OS. The van der Waals surface area contributed by atoms with Gasteiger partial charge in [-0.15, -0.1) is 10.2 Å². The zero-order valence-corrected chi connectivity index (χ0v) is 16.2. The summed E-state index contributed by atoms with van der Waals surface area (Å²) in [4.78, 5) is 11.9. The maximum Gasteiger partial charge on any atom is 0.230 e. The number of carbonyl (C=O) groups excluding carboxylic acids is 1. The second-order valence-electron chi connectivity index (χ2n) is 7.51. The SMILES string of the molecule is CCn1c(SCC(=O)NC2CC2)nnc1-c1ccc(C(C)(C)C)cc1. The van der Waals surface area contributed by atoms with Crippen LogP contribution in [0.1, 0.15) is 46.1 Å². The molecule has 25 heavy (non-hydrogen) atoms. The first-order chi connectivity index (χ1) is 11.9. The van der Waals surface area contributed by atoms with Crippen molar-refractivity contribution in [2.75, 3.05) is 5.75 Å². The molecule has 134 valence electrons. The third-order valence-electron chi connectivity index (χ3n) is 4.32. The molecule has 1 saturated carbocycles. The van der Waals surface area contributed by atoms with Crippen molar-refractivity contribution in [1.29, 1.82) is 0 Å². The monoisotopic (exact) mass is 358 g/mol. The van der Waals surface area contributed by atoms with Gasteiger partial charge in [0.25, 0.3) is 0 Å². The van der Waals surface area contributed by atoms with Gasteiger partial charge in [-0.2, -0.15) is 0 Å². The van der Waals surface area contributed by atoms with Gasteiger partial charge in [-0.3, -0.25) is 4.79 Å². The van der Waals surface area contributed by atoms with E-state index in [4.69, 9.17) is 0 Å². The highest BCUT2D eigenvalue weighted by Crippen LogP contribution is 2.27. The molecule has 0 spiro atoms. The summed E-state index contributed by atoms with van der Waals surface area (Å²) in [6.07, 6.45) is 2.21. The third kappa shape index (κ3) is 4.42. The highest BCUT2D eigenvalue weighted by Gasteiger charge is 2.23. The summed E-state index contributed by atoms with van der Waals surface area (Å²) >= 11 is 1.45. The molecule has 0 bridgehead atoms. The number of nitrogens with zero attached hydrogens (tertiary/aromatic N) is 3. The number of amides is 1. The normalized spacial score (nSPS) is 14.6. The van der Waals surface area contributed by atoms with Crippen molar-refractivity contribution < 1.29 is 4.79 Å². The molecule has 3 rings (SSSR count). The highest BCUT2D eigenvalue weighted by molar-refractivity contribution is 7.99. The predicted octanol–water partition coefficient (Wildman–Crippen LogP) is 3.63. The summed E-state index contributed by atoms with van der Waals surface area (Å²) in [5.41, 5.74) is 2.48. The molecule has 5 nitrogen and oxygen atoms in total. The van der Waals surface area contributed by atoms with Crippen LogP contribution >= 0.6 is 11.8 Å². The van der Waals surface area contributed by atoms with Crippen molar-refractivity contribution >= 4 is 17.7 Å². The molecule has 0 radical (unpaired) electrons. The van der Waals surface area contributed by atoms with E-state index < -0.39 is 0 Å². The van der Waals surface area contributed by atoms with Crippen molar-refractivity contribution in [2.45, 2.75) is 63.7 Å². The minimum absolute atomic E-state index is 0.0780. The lowest BCUT2D eigenvalue weighted by molar-refractivity contribution is -0.118. The van der Waals surface area contributed by atoms with Crippen LogP contribution in [0.2, 0.25) is 0 Å². The quantitative estimate of drug-likeness (QED) is 0.801. The predicted molar refractivity (Wildman–Crippen MR) is 102 cm³/mol. The fourth-order valence-electron chi connectivity index (χ4n) is 2.64.